The van der Waals surface area contributed by atoms with Crippen LogP contribution >= 0.6 is 11.8 Å². The van der Waals surface area contributed by atoms with Crippen LogP contribution in [0, 0.1) is 5.82 Å². The molecule has 1 atom stereocenters. The molecule has 0 bridgehead atoms. The summed E-state index contributed by atoms with van der Waals surface area (Å²) in [7, 11) is 0. The van der Waals surface area contributed by atoms with Crippen molar-refractivity contribution in [2.45, 2.75) is 29.4 Å². The molecule has 1 N–H and O–H groups in total. The minimum Gasteiger partial charge on any atom is -0.494 e. The molecule has 1 amide bonds. The molecule has 0 saturated heterocycles. The number of hydrogen-bond acceptors (Lipinski definition) is 3. The molecule has 2 aromatic rings. The van der Waals surface area contributed by atoms with Crippen LogP contribution in [0.5, 0.6) is 5.75 Å². The minimum atomic E-state index is -0.267. The van der Waals surface area contributed by atoms with E-state index in [9.17, 15) is 9.18 Å². The summed E-state index contributed by atoms with van der Waals surface area (Å²) in [6.45, 7) is 1.21. The smallest absolute Gasteiger partial charge is 0.233 e. The first-order chi connectivity index (χ1) is 11.7. The standard InChI is InChI=1S/C19H20FNO2S/c20-15-7-9-16(10-8-15)23-12-4-3-11-21-19(22)18-13-14-5-1-2-6-17(14)24-18/h1-2,5-10,18H,3-4,11-13H2,(H,21,22). The Bertz CT molecular complexity index is 665. The molecular weight excluding hydrogens is 325 g/mol. The van der Waals surface area contributed by atoms with Gasteiger partial charge in [0.1, 0.15) is 11.6 Å². The third kappa shape index (κ3) is 4.51. The quantitative estimate of drug-likeness (QED) is 0.776. The van der Waals surface area contributed by atoms with Crippen LogP contribution in [-0.2, 0) is 11.2 Å². The molecule has 5 heteroatoms. The molecule has 2 aromatic carbocycles. The topological polar surface area (TPSA) is 38.3 Å². The molecule has 24 heavy (non-hydrogen) atoms. The van der Waals surface area contributed by atoms with Gasteiger partial charge in [-0.1, -0.05) is 18.2 Å². The number of unbranched alkanes of at least 4 members (excludes halogenated alkanes) is 1. The van der Waals surface area contributed by atoms with E-state index in [2.05, 4.69) is 17.4 Å². The van der Waals surface area contributed by atoms with E-state index in [4.69, 9.17) is 4.74 Å². The van der Waals surface area contributed by atoms with Crippen molar-refractivity contribution in [2.24, 2.45) is 0 Å². The number of carbonyl (C=O) groups is 1. The number of ether oxygens (including phenoxy) is 1. The lowest BCUT2D eigenvalue weighted by molar-refractivity contribution is -0.120. The summed E-state index contributed by atoms with van der Waals surface area (Å²) in [5.41, 5.74) is 1.26. The number of fused-ring (bicyclic) bond motifs is 1. The van der Waals surface area contributed by atoms with E-state index in [0.29, 0.717) is 18.9 Å². The lowest BCUT2D eigenvalue weighted by Gasteiger charge is -2.10. The van der Waals surface area contributed by atoms with Gasteiger partial charge >= 0.3 is 0 Å². The van der Waals surface area contributed by atoms with Crippen molar-refractivity contribution in [3.05, 3.63) is 59.9 Å². The summed E-state index contributed by atoms with van der Waals surface area (Å²) in [4.78, 5) is 13.4. The van der Waals surface area contributed by atoms with E-state index in [-0.39, 0.29) is 17.0 Å². The van der Waals surface area contributed by atoms with Crippen LogP contribution in [0.4, 0.5) is 4.39 Å². The van der Waals surface area contributed by atoms with E-state index in [1.54, 1.807) is 23.9 Å². The number of carbonyl (C=O) groups excluding carboxylic acids is 1. The third-order valence-electron chi connectivity index (χ3n) is 3.89. The fraction of sp³-hybridized carbons (Fsp3) is 0.316. The Morgan fingerprint density at radius 3 is 2.75 bits per heavy atom. The normalized spacial score (nSPS) is 15.8. The molecule has 3 nitrogen and oxygen atoms in total. The number of nitrogens with one attached hydrogen (secondary N) is 1. The molecule has 0 saturated carbocycles. The molecule has 1 unspecified atom stereocenters. The molecule has 0 fully saturated rings. The van der Waals surface area contributed by atoms with Crippen molar-refractivity contribution in [1.29, 1.82) is 0 Å². The molecule has 0 aliphatic carbocycles. The Morgan fingerprint density at radius 2 is 1.96 bits per heavy atom. The third-order valence-corrected chi connectivity index (χ3v) is 5.21. The molecule has 0 aromatic heterocycles. The van der Waals surface area contributed by atoms with Gasteiger partial charge in [-0.3, -0.25) is 4.79 Å². The van der Waals surface area contributed by atoms with Crippen molar-refractivity contribution in [3.8, 4) is 5.75 Å². The summed E-state index contributed by atoms with van der Waals surface area (Å²) in [6, 6.07) is 14.2. The van der Waals surface area contributed by atoms with Gasteiger partial charge in [0.05, 0.1) is 11.9 Å². The number of thioether (sulfide) groups is 1. The fourth-order valence-electron chi connectivity index (χ4n) is 2.60. The van der Waals surface area contributed by atoms with Gasteiger partial charge in [-0.05, 0) is 55.2 Å². The van der Waals surface area contributed by atoms with E-state index in [0.717, 1.165) is 19.3 Å². The maximum atomic E-state index is 12.8. The highest BCUT2D eigenvalue weighted by Crippen LogP contribution is 2.36. The van der Waals surface area contributed by atoms with Crippen LogP contribution in [0.2, 0.25) is 0 Å². The van der Waals surface area contributed by atoms with Gasteiger partial charge in [0, 0.05) is 11.4 Å². The lowest BCUT2D eigenvalue weighted by atomic mass is 10.1. The maximum absolute atomic E-state index is 12.8. The highest BCUT2D eigenvalue weighted by Gasteiger charge is 2.27. The predicted octanol–water partition coefficient (Wildman–Crippen LogP) is 3.82. The SMILES string of the molecule is O=C(NCCCCOc1ccc(F)cc1)C1Cc2ccccc2S1. The summed E-state index contributed by atoms with van der Waals surface area (Å²) in [6.07, 6.45) is 2.51. The number of rotatable bonds is 7. The zero-order valence-electron chi connectivity index (χ0n) is 13.3. The van der Waals surface area contributed by atoms with Crippen molar-refractivity contribution >= 4 is 17.7 Å². The zero-order chi connectivity index (χ0) is 16.8. The number of benzene rings is 2. The fourth-order valence-corrected chi connectivity index (χ4v) is 3.82. The van der Waals surface area contributed by atoms with Gasteiger partial charge in [-0.15, -0.1) is 11.8 Å². The van der Waals surface area contributed by atoms with Crippen LogP contribution < -0.4 is 10.1 Å². The molecule has 3 rings (SSSR count). The molecule has 1 aliphatic rings. The highest BCUT2D eigenvalue weighted by molar-refractivity contribution is 8.01. The van der Waals surface area contributed by atoms with E-state index >= 15 is 0 Å². The zero-order valence-corrected chi connectivity index (χ0v) is 14.2. The van der Waals surface area contributed by atoms with E-state index in [1.165, 1.54) is 22.6 Å². The van der Waals surface area contributed by atoms with E-state index in [1.807, 2.05) is 12.1 Å². The van der Waals surface area contributed by atoms with Crippen molar-refractivity contribution in [3.63, 3.8) is 0 Å². The van der Waals surface area contributed by atoms with Crippen molar-refractivity contribution < 1.29 is 13.9 Å². The number of hydrogen-bond donors (Lipinski definition) is 1. The van der Waals surface area contributed by atoms with Gasteiger partial charge in [0.15, 0.2) is 0 Å². The minimum absolute atomic E-state index is 0.0159. The van der Waals surface area contributed by atoms with Crippen LogP contribution in [0.1, 0.15) is 18.4 Å². The monoisotopic (exact) mass is 345 g/mol. The molecule has 1 heterocycles. The van der Waals surface area contributed by atoms with Gasteiger partial charge in [-0.25, -0.2) is 4.39 Å². The lowest BCUT2D eigenvalue weighted by Crippen LogP contribution is -2.33. The van der Waals surface area contributed by atoms with Crippen LogP contribution in [0.15, 0.2) is 53.4 Å². The van der Waals surface area contributed by atoms with Gasteiger partial charge in [-0.2, -0.15) is 0 Å². The maximum Gasteiger partial charge on any atom is 0.233 e. The van der Waals surface area contributed by atoms with Crippen molar-refractivity contribution in [1.82, 2.24) is 5.32 Å². The molecular formula is C19H20FNO2S. The Hall–Kier alpha value is -2.01. The second kappa shape index (κ2) is 8.20. The number of amides is 1. The molecule has 0 spiro atoms. The summed E-state index contributed by atoms with van der Waals surface area (Å²) >= 11 is 1.64. The largest absolute Gasteiger partial charge is 0.494 e. The molecule has 1 aliphatic heterocycles. The van der Waals surface area contributed by atoms with Crippen LogP contribution in [0.25, 0.3) is 0 Å². The Labute approximate surface area is 145 Å². The first-order valence-electron chi connectivity index (χ1n) is 8.13. The van der Waals surface area contributed by atoms with Crippen molar-refractivity contribution in [2.75, 3.05) is 13.2 Å². The molecule has 0 radical (unpaired) electrons. The second-order valence-corrected chi connectivity index (χ2v) is 6.96. The molecule has 126 valence electrons. The van der Waals surface area contributed by atoms with E-state index < -0.39 is 0 Å². The van der Waals surface area contributed by atoms with Gasteiger partial charge in [0.2, 0.25) is 5.91 Å². The van der Waals surface area contributed by atoms with Gasteiger partial charge < -0.3 is 10.1 Å². The predicted molar refractivity (Wildman–Crippen MR) is 93.9 cm³/mol. The number of halogens is 1. The summed E-state index contributed by atoms with van der Waals surface area (Å²) in [5, 5.41) is 2.98. The van der Waals surface area contributed by atoms with Crippen LogP contribution in [0.3, 0.4) is 0 Å². The Balaban J connectivity index is 1.30. The first-order valence-corrected chi connectivity index (χ1v) is 9.01. The summed E-state index contributed by atoms with van der Waals surface area (Å²) in [5.74, 6) is 0.508. The van der Waals surface area contributed by atoms with Crippen LogP contribution in [-0.4, -0.2) is 24.3 Å². The highest BCUT2D eigenvalue weighted by atomic mass is 32.2. The summed E-state index contributed by atoms with van der Waals surface area (Å²) < 4.78 is 18.3. The average molecular weight is 345 g/mol. The Kier molecular flexibility index (Phi) is 5.75. The Morgan fingerprint density at radius 1 is 1.17 bits per heavy atom. The first kappa shape index (κ1) is 16.8. The second-order valence-electron chi connectivity index (χ2n) is 5.72. The van der Waals surface area contributed by atoms with Gasteiger partial charge in [0.25, 0.3) is 0 Å². The average Bonchev–Trinajstić information content (AvgIpc) is 3.03.